The van der Waals surface area contributed by atoms with Crippen molar-refractivity contribution < 1.29 is 9.90 Å². The maximum absolute atomic E-state index is 12.2. The number of fused-ring (bicyclic) bond motifs is 1. The zero-order chi connectivity index (χ0) is 13.3. The molecular formula is C15H21NO2. The second-order valence-corrected chi connectivity index (χ2v) is 5.51. The van der Waals surface area contributed by atoms with E-state index in [2.05, 4.69) is 0 Å². The molecule has 98 valence electrons. The number of hydrogen-bond donors (Lipinski definition) is 1. The maximum atomic E-state index is 12.2. The van der Waals surface area contributed by atoms with Gasteiger partial charge in [-0.2, -0.15) is 0 Å². The van der Waals surface area contributed by atoms with Gasteiger partial charge >= 0.3 is 0 Å². The fraction of sp³-hybridized carbons (Fsp3) is 0.533. The van der Waals surface area contributed by atoms with Gasteiger partial charge in [-0.05, 0) is 25.3 Å². The van der Waals surface area contributed by atoms with E-state index in [4.69, 9.17) is 0 Å². The normalized spacial score (nSPS) is 18.9. The molecule has 1 heterocycles. The lowest BCUT2D eigenvalue weighted by atomic mass is 9.96. The van der Waals surface area contributed by atoms with Crippen molar-refractivity contribution in [3.63, 3.8) is 0 Å². The molecule has 1 aliphatic rings. The predicted molar refractivity (Wildman–Crippen MR) is 72.6 cm³/mol. The number of carbonyl (C=O) groups is 1. The van der Waals surface area contributed by atoms with Crippen LogP contribution in [0.2, 0.25) is 0 Å². The first kappa shape index (κ1) is 13.1. The lowest BCUT2D eigenvalue weighted by Crippen LogP contribution is -2.37. The van der Waals surface area contributed by atoms with Gasteiger partial charge in [0, 0.05) is 24.2 Å². The monoisotopic (exact) mass is 247 g/mol. The molecule has 0 spiro atoms. The number of rotatable bonds is 2. The van der Waals surface area contributed by atoms with Crippen LogP contribution < -0.4 is 4.90 Å². The maximum Gasteiger partial charge on any atom is 0.227 e. The summed E-state index contributed by atoms with van der Waals surface area (Å²) >= 11 is 0. The Balaban J connectivity index is 2.31. The standard InChI is InChI=1S/C15H21NO2/c1-10(2)8-15(18)16-7-6-14(17)12-9-11(3)4-5-13(12)16/h4-5,9-10,14,17H,6-8H2,1-3H3. The molecule has 0 saturated heterocycles. The molecule has 2 rings (SSSR count). The van der Waals surface area contributed by atoms with Gasteiger partial charge in [-0.3, -0.25) is 4.79 Å². The topological polar surface area (TPSA) is 40.5 Å². The average Bonchev–Trinajstić information content (AvgIpc) is 2.29. The van der Waals surface area contributed by atoms with Gasteiger partial charge in [-0.1, -0.05) is 31.5 Å². The Labute approximate surface area is 108 Å². The number of aryl methyl sites for hydroxylation is 1. The Bertz CT molecular complexity index is 454. The van der Waals surface area contributed by atoms with Crippen LogP contribution in [0, 0.1) is 12.8 Å². The molecule has 0 radical (unpaired) electrons. The van der Waals surface area contributed by atoms with E-state index < -0.39 is 6.10 Å². The van der Waals surface area contributed by atoms with Crippen molar-refractivity contribution in [3.8, 4) is 0 Å². The van der Waals surface area contributed by atoms with Gasteiger partial charge in [0.05, 0.1) is 6.10 Å². The van der Waals surface area contributed by atoms with Crippen molar-refractivity contribution in [3.05, 3.63) is 29.3 Å². The Hall–Kier alpha value is -1.35. The van der Waals surface area contributed by atoms with Crippen LogP contribution in [0.15, 0.2) is 18.2 Å². The zero-order valence-electron chi connectivity index (χ0n) is 11.3. The number of anilines is 1. The van der Waals surface area contributed by atoms with Crippen molar-refractivity contribution in [2.45, 2.75) is 39.7 Å². The average molecular weight is 247 g/mol. The van der Waals surface area contributed by atoms with Crippen LogP contribution in [0.25, 0.3) is 0 Å². The number of aliphatic hydroxyl groups is 1. The highest BCUT2D eigenvalue weighted by Gasteiger charge is 2.27. The number of benzene rings is 1. The zero-order valence-corrected chi connectivity index (χ0v) is 11.3. The molecule has 1 aliphatic heterocycles. The van der Waals surface area contributed by atoms with Gasteiger partial charge in [0.15, 0.2) is 0 Å². The van der Waals surface area contributed by atoms with E-state index in [1.807, 2.05) is 43.9 Å². The van der Waals surface area contributed by atoms with Crippen LogP contribution in [-0.4, -0.2) is 17.6 Å². The molecule has 0 aliphatic carbocycles. The summed E-state index contributed by atoms with van der Waals surface area (Å²) in [5, 5.41) is 10.0. The van der Waals surface area contributed by atoms with Gasteiger partial charge in [-0.15, -0.1) is 0 Å². The molecule has 1 unspecified atom stereocenters. The molecule has 3 heteroatoms. The summed E-state index contributed by atoms with van der Waals surface area (Å²) in [6, 6.07) is 5.92. The highest BCUT2D eigenvalue weighted by molar-refractivity contribution is 5.94. The van der Waals surface area contributed by atoms with Crippen molar-refractivity contribution in [2.75, 3.05) is 11.4 Å². The summed E-state index contributed by atoms with van der Waals surface area (Å²) in [7, 11) is 0. The van der Waals surface area contributed by atoms with Gasteiger partial charge in [0.2, 0.25) is 5.91 Å². The predicted octanol–water partition coefficient (Wildman–Crippen LogP) is 2.81. The first-order valence-electron chi connectivity index (χ1n) is 6.58. The minimum absolute atomic E-state index is 0.155. The molecule has 0 bridgehead atoms. The molecule has 1 atom stereocenters. The van der Waals surface area contributed by atoms with Crippen LogP contribution in [-0.2, 0) is 4.79 Å². The Morgan fingerprint density at radius 2 is 2.22 bits per heavy atom. The molecule has 3 nitrogen and oxygen atoms in total. The fourth-order valence-electron chi connectivity index (χ4n) is 2.43. The van der Waals surface area contributed by atoms with E-state index in [0.29, 0.717) is 25.3 Å². The number of amides is 1. The molecule has 1 aromatic rings. The smallest absolute Gasteiger partial charge is 0.227 e. The number of nitrogens with zero attached hydrogens (tertiary/aromatic N) is 1. The van der Waals surface area contributed by atoms with E-state index in [0.717, 1.165) is 16.8 Å². The van der Waals surface area contributed by atoms with E-state index in [1.54, 1.807) is 0 Å². The van der Waals surface area contributed by atoms with Crippen molar-refractivity contribution >= 4 is 11.6 Å². The lowest BCUT2D eigenvalue weighted by molar-refractivity contribution is -0.119. The van der Waals surface area contributed by atoms with Gasteiger partial charge in [0.25, 0.3) is 0 Å². The minimum atomic E-state index is -0.442. The number of aliphatic hydroxyl groups excluding tert-OH is 1. The third-order valence-corrected chi connectivity index (χ3v) is 3.34. The summed E-state index contributed by atoms with van der Waals surface area (Å²) in [6.45, 7) is 6.71. The van der Waals surface area contributed by atoms with Crippen molar-refractivity contribution in [1.29, 1.82) is 0 Å². The Kier molecular flexibility index (Phi) is 3.71. The highest BCUT2D eigenvalue weighted by Crippen LogP contribution is 2.34. The first-order chi connectivity index (χ1) is 8.49. The fourth-order valence-corrected chi connectivity index (χ4v) is 2.43. The second-order valence-electron chi connectivity index (χ2n) is 5.51. The molecular weight excluding hydrogens is 226 g/mol. The molecule has 1 aromatic carbocycles. The largest absolute Gasteiger partial charge is 0.388 e. The third kappa shape index (κ3) is 2.56. The summed E-state index contributed by atoms with van der Waals surface area (Å²) < 4.78 is 0. The highest BCUT2D eigenvalue weighted by atomic mass is 16.3. The molecule has 0 aromatic heterocycles. The Morgan fingerprint density at radius 1 is 1.50 bits per heavy atom. The van der Waals surface area contributed by atoms with E-state index >= 15 is 0 Å². The van der Waals surface area contributed by atoms with Gasteiger partial charge < -0.3 is 10.0 Å². The van der Waals surface area contributed by atoms with E-state index in [-0.39, 0.29) is 5.91 Å². The molecule has 1 amide bonds. The molecule has 1 N–H and O–H groups in total. The summed E-state index contributed by atoms with van der Waals surface area (Å²) in [5.74, 6) is 0.514. The van der Waals surface area contributed by atoms with Crippen LogP contribution in [0.1, 0.15) is 43.9 Å². The summed E-state index contributed by atoms with van der Waals surface area (Å²) in [4.78, 5) is 14.0. The first-order valence-corrected chi connectivity index (χ1v) is 6.58. The SMILES string of the molecule is Cc1ccc2c(c1)C(O)CCN2C(=O)CC(C)C. The van der Waals surface area contributed by atoms with Crippen LogP contribution in [0.4, 0.5) is 5.69 Å². The van der Waals surface area contributed by atoms with E-state index in [1.165, 1.54) is 0 Å². The van der Waals surface area contributed by atoms with Crippen LogP contribution in [0.5, 0.6) is 0 Å². The minimum Gasteiger partial charge on any atom is -0.388 e. The quantitative estimate of drug-likeness (QED) is 0.873. The van der Waals surface area contributed by atoms with Crippen molar-refractivity contribution in [1.82, 2.24) is 0 Å². The van der Waals surface area contributed by atoms with Crippen molar-refractivity contribution in [2.24, 2.45) is 5.92 Å². The number of hydrogen-bond acceptors (Lipinski definition) is 2. The van der Waals surface area contributed by atoms with Gasteiger partial charge in [-0.25, -0.2) is 0 Å². The van der Waals surface area contributed by atoms with E-state index in [9.17, 15) is 9.90 Å². The summed E-state index contributed by atoms with van der Waals surface area (Å²) in [6.07, 6.45) is 0.743. The molecule has 0 fully saturated rings. The molecule has 18 heavy (non-hydrogen) atoms. The summed E-state index contributed by atoms with van der Waals surface area (Å²) in [5.41, 5.74) is 2.88. The van der Waals surface area contributed by atoms with Crippen LogP contribution in [0.3, 0.4) is 0 Å². The van der Waals surface area contributed by atoms with Gasteiger partial charge in [0.1, 0.15) is 0 Å². The molecule has 0 saturated carbocycles. The second kappa shape index (κ2) is 5.11. The Morgan fingerprint density at radius 3 is 2.89 bits per heavy atom. The van der Waals surface area contributed by atoms with Crippen LogP contribution >= 0.6 is 0 Å². The lowest BCUT2D eigenvalue weighted by Gasteiger charge is -2.33. The number of carbonyl (C=O) groups excluding carboxylic acids is 1. The third-order valence-electron chi connectivity index (χ3n) is 3.34.